The van der Waals surface area contributed by atoms with Gasteiger partial charge in [0.2, 0.25) is 0 Å². The normalized spacial score (nSPS) is 46.6. The Balaban J connectivity index is 1.61. The Morgan fingerprint density at radius 1 is 0.588 bits per heavy atom. The molecular weight excluding hydrogens is 220 g/mol. The lowest BCUT2D eigenvalue weighted by atomic mass is 10.2. The molecule has 0 saturated carbocycles. The second-order valence-corrected chi connectivity index (χ2v) is 5.15. The highest BCUT2D eigenvalue weighted by atomic mass is 16.7. The molecule has 4 atom stereocenters. The van der Waals surface area contributed by atoms with Crippen LogP contribution in [0.3, 0.4) is 0 Å². The van der Waals surface area contributed by atoms with Gasteiger partial charge in [0, 0.05) is 0 Å². The van der Waals surface area contributed by atoms with E-state index in [0.29, 0.717) is 0 Å². The predicted molar refractivity (Wildman–Crippen MR) is 63.6 cm³/mol. The van der Waals surface area contributed by atoms with Gasteiger partial charge in [-0.15, -0.1) is 0 Å². The quantitative estimate of drug-likeness (QED) is 0.761. The topological polar surface area (TPSA) is 36.9 Å². The third-order valence-corrected chi connectivity index (χ3v) is 3.67. The molecule has 2 fully saturated rings. The van der Waals surface area contributed by atoms with Crippen LogP contribution < -0.4 is 0 Å². The van der Waals surface area contributed by atoms with Crippen LogP contribution in [-0.2, 0) is 18.9 Å². The molecule has 100 valence electrons. The Labute approximate surface area is 104 Å². The summed E-state index contributed by atoms with van der Waals surface area (Å²) < 4.78 is 22.7. The molecule has 4 unspecified atom stereocenters. The molecule has 0 N–H and O–H groups in total. The molecule has 0 aromatic rings. The van der Waals surface area contributed by atoms with E-state index in [4.69, 9.17) is 18.9 Å². The summed E-state index contributed by atoms with van der Waals surface area (Å²) in [5.74, 6) is 0. The summed E-state index contributed by atoms with van der Waals surface area (Å²) >= 11 is 0. The maximum absolute atomic E-state index is 5.68. The van der Waals surface area contributed by atoms with Crippen LogP contribution in [0.25, 0.3) is 0 Å². The average Bonchev–Trinajstić information content (AvgIpc) is 2.73. The van der Waals surface area contributed by atoms with E-state index in [9.17, 15) is 0 Å². The van der Waals surface area contributed by atoms with E-state index in [1.54, 1.807) is 0 Å². The largest absolute Gasteiger partial charge is 0.347 e. The number of rotatable bonds is 4. The van der Waals surface area contributed by atoms with Gasteiger partial charge in [0.25, 0.3) is 0 Å². The standard InChI is InChI=1S/C13H24O4/c1-8-9(2)15-12(14-8)6-5-7-13-16-10(3)11(4)17-13/h8-13H,5-7H2,1-4H3. The van der Waals surface area contributed by atoms with Gasteiger partial charge < -0.3 is 18.9 Å². The van der Waals surface area contributed by atoms with Gasteiger partial charge in [-0.25, -0.2) is 0 Å². The summed E-state index contributed by atoms with van der Waals surface area (Å²) in [6.45, 7) is 8.21. The first-order valence-electron chi connectivity index (χ1n) is 6.68. The van der Waals surface area contributed by atoms with Crippen LogP contribution in [0.5, 0.6) is 0 Å². The van der Waals surface area contributed by atoms with Gasteiger partial charge in [-0.2, -0.15) is 0 Å². The van der Waals surface area contributed by atoms with Crippen LogP contribution in [0.1, 0.15) is 47.0 Å². The minimum atomic E-state index is -0.0451. The molecule has 0 spiro atoms. The van der Waals surface area contributed by atoms with Gasteiger partial charge >= 0.3 is 0 Å². The fraction of sp³-hybridized carbons (Fsp3) is 1.00. The van der Waals surface area contributed by atoms with Crippen LogP contribution in [0.15, 0.2) is 0 Å². The maximum atomic E-state index is 5.68. The Bertz CT molecular complexity index is 202. The van der Waals surface area contributed by atoms with Crippen molar-refractivity contribution in [1.82, 2.24) is 0 Å². The highest BCUT2D eigenvalue weighted by molar-refractivity contribution is 4.71. The Morgan fingerprint density at radius 3 is 1.18 bits per heavy atom. The molecule has 0 bridgehead atoms. The zero-order valence-corrected chi connectivity index (χ0v) is 11.2. The molecule has 0 aromatic heterocycles. The smallest absolute Gasteiger partial charge is 0.158 e. The van der Waals surface area contributed by atoms with Gasteiger partial charge in [-0.3, -0.25) is 0 Å². The molecule has 0 amide bonds. The fourth-order valence-corrected chi connectivity index (χ4v) is 2.19. The summed E-state index contributed by atoms with van der Waals surface area (Å²) in [5, 5.41) is 0. The zero-order chi connectivity index (χ0) is 12.4. The summed E-state index contributed by atoms with van der Waals surface area (Å²) in [4.78, 5) is 0. The van der Waals surface area contributed by atoms with Gasteiger partial charge in [0.1, 0.15) is 0 Å². The molecular formula is C13H24O4. The Hall–Kier alpha value is -0.160. The van der Waals surface area contributed by atoms with Gasteiger partial charge in [0.15, 0.2) is 12.6 Å². The third-order valence-electron chi connectivity index (χ3n) is 3.67. The van der Waals surface area contributed by atoms with Crippen molar-refractivity contribution in [3.8, 4) is 0 Å². The summed E-state index contributed by atoms with van der Waals surface area (Å²) in [7, 11) is 0. The lowest BCUT2D eigenvalue weighted by Crippen LogP contribution is -2.13. The van der Waals surface area contributed by atoms with E-state index in [0.717, 1.165) is 19.3 Å². The first kappa shape index (κ1) is 13.3. The number of ether oxygens (including phenoxy) is 4. The van der Waals surface area contributed by atoms with Crippen molar-refractivity contribution in [2.45, 2.75) is 84.0 Å². The van der Waals surface area contributed by atoms with Crippen LogP contribution in [0, 0.1) is 0 Å². The maximum Gasteiger partial charge on any atom is 0.158 e. The van der Waals surface area contributed by atoms with Crippen LogP contribution in [0.4, 0.5) is 0 Å². The van der Waals surface area contributed by atoms with Crippen molar-refractivity contribution in [1.29, 1.82) is 0 Å². The predicted octanol–water partition coefficient (Wildman–Crippen LogP) is 2.46. The van der Waals surface area contributed by atoms with Gasteiger partial charge in [-0.05, 0) is 47.0 Å². The summed E-state index contributed by atoms with van der Waals surface area (Å²) in [6.07, 6.45) is 3.58. The molecule has 2 aliphatic rings. The fourth-order valence-electron chi connectivity index (χ4n) is 2.19. The van der Waals surface area contributed by atoms with Crippen LogP contribution >= 0.6 is 0 Å². The molecule has 0 aliphatic carbocycles. The molecule has 2 heterocycles. The van der Waals surface area contributed by atoms with E-state index in [2.05, 4.69) is 27.7 Å². The van der Waals surface area contributed by atoms with E-state index in [1.807, 2.05) is 0 Å². The van der Waals surface area contributed by atoms with Crippen LogP contribution in [0.2, 0.25) is 0 Å². The highest BCUT2D eigenvalue weighted by Gasteiger charge is 2.31. The molecule has 0 aromatic carbocycles. The second kappa shape index (κ2) is 5.65. The minimum absolute atomic E-state index is 0.0451. The lowest BCUT2D eigenvalue weighted by Gasteiger charge is -2.12. The van der Waals surface area contributed by atoms with Gasteiger partial charge in [0.05, 0.1) is 24.4 Å². The third kappa shape index (κ3) is 3.41. The first-order chi connectivity index (χ1) is 8.06. The van der Waals surface area contributed by atoms with E-state index in [1.165, 1.54) is 0 Å². The lowest BCUT2D eigenvalue weighted by molar-refractivity contribution is -0.0863. The molecule has 2 saturated heterocycles. The van der Waals surface area contributed by atoms with E-state index >= 15 is 0 Å². The monoisotopic (exact) mass is 244 g/mol. The minimum Gasteiger partial charge on any atom is -0.347 e. The van der Waals surface area contributed by atoms with Crippen molar-refractivity contribution in [2.24, 2.45) is 0 Å². The molecule has 4 heteroatoms. The summed E-state index contributed by atoms with van der Waals surface area (Å²) in [6, 6.07) is 0. The second-order valence-electron chi connectivity index (χ2n) is 5.15. The zero-order valence-electron chi connectivity index (χ0n) is 11.2. The molecule has 2 rings (SSSR count). The first-order valence-corrected chi connectivity index (χ1v) is 6.68. The number of hydrogen-bond acceptors (Lipinski definition) is 4. The summed E-state index contributed by atoms with van der Waals surface area (Å²) in [5.41, 5.74) is 0. The van der Waals surface area contributed by atoms with Crippen molar-refractivity contribution in [2.75, 3.05) is 0 Å². The molecule has 0 radical (unpaired) electrons. The SMILES string of the molecule is CC1OC(CCCC2OC(C)C(C)O2)OC1C. The Kier molecular flexibility index (Phi) is 4.42. The van der Waals surface area contributed by atoms with Crippen molar-refractivity contribution >= 4 is 0 Å². The molecule has 4 nitrogen and oxygen atoms in total. The van der Waals surface area contributed by atoms with Crippen molar-refractivity contribution < 1.29 is 18.9 Å². The highest BCUT2D eigenvalue weighted by Crippen LogP contribution is 2.25. The molecule has 2 aliphatic heterocycles. The van der Waals surface area contributed by atoms with Crippen LogP contribution in [-0.4, -0.2) is 37.0 Å². The van der Waals surface area contributed by atoms with E-state index in [-0.39, 0.29) is 37.0 Å². The average molecular weight is 244 g/mol. The van der Waals surface area contributed by atoms with Gasteiger partial charge in [-0.1, -0.05) is 0 Å². The van der Waals surface area contributed by atoms with Crippen molar-refractivity contribution in [3.05, 3.63) is 0 Å². The molecule has 17 heavy (non-hydrogen) atoms. The van der Waals surface area contributed by atoms with E-state index < -0.39 is 0 Å². The Morgan fingerprint density at radius 2 is 0.882 bits per heavy atom. The number of hydrogen-bond donors (Lipinski definition) is 0. The van der Waals surface area contributed by atoms with Crippen molar-refractivity contribution in [3.63, 3.8) is 0 Å².